The van der Waals surface area contributed by atoms with Gasteiger partial charge in [-0.05, 0) is 87.3 Å². The lowest BCUT2D eigenvalue weighted by Crippen LogP contribution is -2.48. The highest BCUT2D eigenvalue weighted by Gasteiger charge is 2.55. The number of anilines is 1. The van der Waals surface area contributed by atoms with E-state index in [4.69, 9.17) is 14.3 Å². The summed E-state index contributed by atoms with van der Waals surface area (Å²) in [7, 11) is 0. The van der Waals surface area contributed by atoms with Crippen molar-refractivity contribution in [2.75, 3.05) is 18.5 Å². The van der Waals surface area contributed by atoms with Crippen LogP contribution in [0.1, 0.15) is 73.0 Å². The summed E-state index contributed by atoms with van der Waals surface area (Å²) in [5, 5.41) is 10.2. The van der Waals surface area contributed by atoms with Crippen LogP contribution in [0, 0.1) is 35.4 Å². The van der Waals surface area contributed by atoms with Crippen LogP contribution >= 0.6 is 0 Å². The van der Waals surface area contributed by atoms with E-state index >= 15 is 0 Å². The molecule has 2 amide bonds. The Morgan fingerprint density at radius 1 is 1.02 bits per heavy atom. The minimum atomic E-state index is -4.92. The largest absolute Gasteiger partial charge is 0.486 e. The summed E-state index contributed by atoms with van der Waals surface area (Å²) in [6, 6.07) is 5.61. The number of nitrogens with one attached hydrogen (secondary N) is 2. The summed E-state index contributed by atoms with van der Waals surface area (Å²) < 4.78 is 66.4. The van der Waals surface area contributed by atoms with Gasteiger partial charge in [0.2, 0.25) is 5.91 Å². The molecule has 2 N–H and O–H groups in total. The zero-order chi connectivity index (χ0) is 33.5. The normalized spacial score (nSPS) is 30.7. The second-order valence-corrected chi connectivity index (χ2v) is 14.6. The highest BCUT2D eigenvalue weighted by Crippen LogP contribution is 2.55. The molecule has 12 heteroatoms. The summed E-state index contributed by atoms with van der Waals surface area (Å²) in [6.07, 6.45) is 2.21. The van der Waals surface area contributed by atoms with E-state index in [0.29, 0.717) is 49.0 Å². The van der Waals surface area contributed by atoms with Gasteiger partial charge in [0.05, 0.1) is 41.9 Å². The molecule has 2 aromatic rings. The number of halogens is 4. The fraction of sp³-hybridized carbons (Fsp3) is 0.528. The molecule has 2 aromatic carbocycles. The number of rotatable bonds is 6. The molecule has 0 aromatic heterocycles. The maximum atomic E-state index is 14.4. The van der Waals surface area contributed by atoms with Crippen LogP contribution < -0.4 is 15.4 Å². The van der Waals surface area contributed by atoms with Crippen molar-refractivity contribution in [2.24, 2.45) is 34.7 Å². The second-order valence-electron chi connectivity index (χ2n) is 14.6. The van der Waals surface area contributed by atoms with Crippen molar-refractivity contribution >= 4 is 23.2 Å². The summed E-state index contributed by atoms with van der Waals surface area (Å²) in [5.41, 5.74) is 1.68. The van der Waals surface area contributed by atoms with E-state index < -0.39 is 46.9 Å². The van der Waals surface area contributed by atoms with Crippen LogP contribution in [-0.2, 0) is 27.0 Å². The smallest absolute Gasteiger partial charge is 0.419 e. The number of allylic oxidation sites excluding steroid dienone is 1. The Balaban J connectivity index is 1.11. The van der Waals surface area contributed by atoms with Crippen LogP contribution in [0.3, 0.4) is 0 Å². The predicted molar refractivity (Wildman–Crippen MR) is 167 cm³/mol. The number of carbonyl (C=O) groups excluding carboxylic acids is 2. The van der Waals surface area contributed by atoms with E-state index in [1.54, 1.807) is 6.07 Å². The van der Waals surface area contributed by atoms with E-state index in [1.165, 1.54) is 0 Å². The van der Waals surface area contributed by atoms with E-state index in [0.717, 1.165) is 60.6 Å². The van der Waals surface area contributed by atoms with Crippen LogP contribution in [0.2, 0.25) is 0 Å². The Bertz CT molecular complexity index is 1750. The number of benzene rings is 2. The highest BCUT2D eigenvalue weighted by atomic mass is 19.4. The zero-order valence-electron chi connectivity index (χ0n) is 26.7. The molecule has 4 fully saturated rings. The topological polar surface area (TPSA) is 98.3 Å². The molecule has 8 nitrogen and oxygen atoms in total. The SMILES string of the molecule is CC1(C)Cc2cc(C3=NOC4CCOCC34)cc(C(=O)N[C@@H]3C4CCC(/C4=C/C4CC4)[C@@H]3C(=O)Nc3ccc(F)c(C(F)(F)F)c3)c2O1. The Morgan fingerprint density at radius 3 is 2.58 bits per heavy atom. The number of hydrogen-bond donors (Lipinski definition) is 2. The Labute approximate surface area is 275 Å². The molecule has 3 heterocycles. The molecule has 2 bridgehead atoms. The maximum Gasteiger partial charge on any atom is 0.419 e. The quantitative estimate of drug-likeness (QED) is 0.274. The van der Waals surface area contributed by atoms with Gasteiger partial charge in [0.1, 0.15) is 23.3 Å². The molecule has 3 aliphatic heterocycles. The van der Waals surface area contributed by atoms with Gasteiger partial charge in [0, 0.05) is 36.1 Å². The summed E-state index contributed by atoms with van der Waals surface area (Å²) >= 11 is 0. The van der Waals surface area contributed by atoms with Gasteiger partial charge in [-0.1, -0.05) is 16.8 Å². The van der Waals surface area contributed by atoms with Crippen LogP contribution in [-0.4, -0.2) is 48.5 Å². The molecule has 254 valence electrons. The standard InChI is InChI=1S/C36H37F4N3O5/c1-35(2)15-19-12-18(30-25-16-46-10-9-28(25)48-43-30)13-24(32(19)47-35)33(44)42-31-22-7-6-21(23(22)11-17-3-4-17)29(31)34(45)41-20-5-8-27(37)26(14-20)36(38,39)40/h5,8,11-14,17,21-22,25,28-29,31H,3-4,6-7,9-10,15-16H2,1-2H3,(H,41,45)(H,42,44)/b23-11-/t21?,22?,25?,28?,29-,31+/m0/s1. The summed E-state index contributed by atoms with van der Waals surface area (Å²) in [5.74, 6) is -2.43. The summed E-state index contributed by atoms with van der Waals surface area (Å²) in [4.78, 5) is 34.0. The number of nitrogens with zero attached hydrogens (tertiary/aromatic N) is 1. The van der Waals surface area contributed by atoms with Crippen molar-refractivity contribution in [1.82, 2.24) is 5.32 Å². The van der Waals surface area contributed by atoms with Crippen LogP contribution in [0.4, 0.5) is 23.2 Å². The first-order valence-electron chi connectivity index (χ1n) is 16.7. The van der Waals surface area contributed by atoms with Crippen molar-refractivity contribution in [3.05, 3.63) is 70.1 Å². The van der Waals surface area contributed by atoms with Gasteiger partial charge in [-0.15, -0.1) is 0 Å². The van der Waals surface area contributed by atoms with E-state index in [-0.39, 0.29) is 29.5 Å². The highest BCUT2D eigenvalue weighted by molar-refractivity contribution is 6.07. The number of hydrogen-bond acceptors (Lipinski definition) is 6. The third-order valence-corrected chi connectivity index (χ3v) is 10.7. The maximum absolute atomic E-state index is 14.4. The van der Waals surface area contributed by atoms with Gasteiger partial charge >= 0.3 is 6.18 Å². The van der Waals surface area contributed by atoms with Gasteiger partial charge in [-0.2, -0.15) is 13.2 Å². The van der Waals surface area contributed by atoms with E-state index in [1.807, 2.05) is 19.9 Å². The minimum Gasteiger partial charge on any atom is -0.486 e. The fourth-order valence-corrected chi connectivity index (χ4v) is 8.42. The summed E-state index contributed by atoms with van der Waals surface area (Å²) in [6.45, 7) is 4.99. The number of carbonyl (C=O) groups is 2. The van der Waals surface area contributed by atoms with Crippen molar-refractivity contribution in [3.63, 3.8) is 0 Å². The minimum absolute atomic E-state index is 0.0545. The molecule has 3 aliphatic carbocycles. The fourth-order valence-electron chi connectivity index (χ4n) is 8.42. The number of fused-ring (bicyclic) bond motifs is 4. The van der Waals surface area contributed by atoms with Gasteiger partial charge < -0.3 is 24.9 Å². The van der Waals surface area contributed by atoms with Gasteiger partial charge in [0.15, 0.2) is 0 Å². The first kappa shape index (κ1) is 31.3. The van der Waals surface area contributed by atoms with Crippen molar-refractivity contribution in [2.45, 2.75) is 76.3 Å². The average Bonchev–Trinajstić information content (AvgIpc) is 3.33. The first-order chi connectivity index (χ1) is 22.9. The van der Waals surface area contributed by atoms with Crippen molar-refractivity contribution in [1.29, 1.82) is 0 Å². The Hall–Kier alpha value is -3.93. The zero-order valence-corrected chi connectivity index (χ0v) is 26.7. The van der Waals surface area contributed by atoms with E-state index in [9.17, 15) is 27.2 Å². The molecule has 48 heavy (non-hydrogen) atoms. The second kappa shape index (κ2) is 11.3. The van der Waals surface area contributed by atoms with Crippen LogP contribution in [0.25, 0.3) is 0 Å². The lowest BCUT2D eigenvalue weighted by atomic mass is 9.83. The number of oxime groups is 1. The Morgan fingerprint density at radius 2 is 1.81 bits per heavy atom. The molecule has 0 radical (unpaired) electrons. The predicted octanol–water partition coefficient (Wildman–Crippen LogP) is 6.43. The van der Waals surface area contributed by atoms with E-state index in [2.05, 4.69) is 21.9 Å². The van der Waals surface area contributed by atoms with Crippen molar-refractivity contribution < 1.29 is 41.5 Å². The Kier molecular flexibility index (Phi) is 7.39. The van der Waals surface area contributed by atoms with Crippen LogP contribution in [0.5, 0.6) is 5.75 Å². The van der Waals surface area contributed by atoms with Crippen LogP contribution in [0.15, 0.2) is 47.1 Å². The average molecular weight is 668 g/mol. The van der Waals surface area contributed by atoms with Crippen molar-refractivity contribution in [3.8, 4) is 5.75 Å². The molecule has 4 unspecified atom stereocenters. The van der Waals surface area contributed by atoms with Gasteiger partial charge in [-0.3, -0.25) is 9.59 Å². The number of alkyl halides is 3. The third kappa shape index (κ3) is 5.55. The van der Waals surface area contributed by atoms with Gasteiger partial charge in [-0.25, -0.2) is 4.39 Å². The van der Waals surface area contributed by atoms with Gasteiger partial charge in [0.25, 0.3) is 5.91 Å². The molecule has 6 aliphatic rings. The monoisotopic (exact) mass is 667 g/mol. The molecular weight excluding hydrogens is 630 g/mol. The third-order valence-electron chi connectivity index (χ3n) is 10.7. The lowest BCUT2D eigenvalue weighted by Gasteiger charge is -2.30. The molecule has 6 atom stereocenters. The first-order valence-corrected chi connectivity index (χ1v) is 16.7. The molecule has 3 saturated carbocycles. The molecule has 0 spiro atoms. The lowest BCUT2D eigenvalue weighted by molar-refractivity contribution is -0.140. The number of ether oxygens (including phenoxy) is 2. The number of amides is 2. The molecule has 1 saturated heterocycles. The molecule has 8 rings (SSSR count). The molecular formula is C36H37F4N3O5.